The topological polar surface area (TPSA) is 58.6 Å². The number of nitrogens with zero attached hydrogens (tertiary/aromatic N) is 1. The first-order chi connectivity index (χ1) is 12.1. The summed E-state index contributed by atoms with van der Waals surface area (Å²) in [4.78, 5) is 26.1. The van der Waals surface area contributed by atoms with Crippen LogP contribution >= 0.6 is 15.9 Å². The fourth-order valence-corrected chi connectivity index (χ4v) is 2.99. The number of likely N-dealkylation sites (tertiary alicyclic amines) is 1. The average molecular weight is 403 g/mol. The highest BCUT2D eigenvalue weighted by Crippen LogP contribution is 2.16. The van der Waals surface area contributed by atoms with Gasteiger partial charge >= 0.3 is 6.09 Å². The van der Waals surface area contributed by atoms with Crippen molar-refractivity contribution in [2.24, 2.45) is 0 Å². The molecule has 130 valence electrons. The lowest BCUT2D eigenvalue weighted by Gasteiger charge is -2.31. The van der Waals surface area contributed by atoms with E-state index < -0.39 is 0 Å². The van der Waals surface area contributed by atoms with Gasteiger partial charge in [-0.05, 0) is 49.2 Å². The van der Waals surface area contributed by atoms with Crippen LogP contribution in [0.15, 0.2) is 59.1 Å². The maximum atomic E-state index is 12.2. The van der Waals surface area contributed by atoms with Crippen molar-refractivity contribution in [1.29, 1.82) is 0 Å². The van der Waals surface area contributed by atoms with Gasteiger partial charge in [-0.2, -0.15) is 0 Å². The molecule has 1 heterocycles. The Morgan fingerprint density at radius 1 is 1.00 bits per heavy atom. The normalized spacial score (nSPS) is 14.8. The highest BCUT2D eigenvalue weighted by molar-refractivity contribution is 9.10. The molecule has 0 unspecified atom stereocenters. The molecule has 0 radical (unpaired) electrons. The summed E-state index contributed by atoms with van der Waals surface area (Å²) >= 11 is 3.36. The molecule has 0 spiro atoms. The number of para-hydroxylation sites is 1. The molecule has 3 rings (SSSR count). The van der Waals surface area contributed by atoms with Crippen molar-refractivity contribution in [2.45, 2.75) is 18.9 Å². The molecule has 0 aromatic heterocycles. The zero-order valence-corrected chi connectivity index (χ0v) is 15.2. The van der Waals surface area contributed by atoms with Gasteiger partial charge in [0.2, 0.25) is 0 Å². The summed E-state index contributed by atoms with van der Waals surface area (Å²) in [6.07, 6.45) is 1.09. The summed E-state index contributed by atoms with van der Waals surface area (Å²) < 4.78 is 6.29. The van der Waals surface area contributed by atoms with E-state index in [1.165, 1.54) is 0 Å². The lowest BCUT2D eigenvalue weighted by molar-refractivity contribution is 0.0910. The number of ether oxygens (including phenoxy) is 1. The van der Waals surface area contributed by atoms with Gasteiger partial charge in [-0.1, -0.05) is 34.1 Å². The minimum atomic E-state index is -0.344. The number of halogens is 1. The van der Waals surface area contributed by atoms with E-state index in [0.717, 1.165) is 4.47 Å². The molecule has 1 saturated heterocycles. The van der Waals surface area contributed by atoms with Crippen molar-refractivity contribution < 1.29 is 14.3 Å². The molecule has 5 nitrogen and oxygen atoms in total. The van der Waals surface area contributed by atoms with Gasteiger partial charge in [-0.3, -0.25) is 4.79 Å². The van der Waals surface area contributed by atoms with Crippen LogP contribution in [-0.2, 0) is 0 Å². The SMILES string of the molecule is O=C(NC1CCN(C(=O)Oc2ccccc2)CC1)c1ccc(Br)cc1. The van der Waals surface area contributed by atoms with Crippen LogP contribution in [0.1, 0.15) is 23.2 Å². The maximum absolute atomic E-state index is 12.2. The van der Waals surface area contributed by atoms with E-state index in [-0.39, 0.29) is 18.0 Å². The van der Waals surface area contributed by atoms with E-state index in [9.17, 15) is 9.59 Å². The summed E-state index contributed by atoms with van der Waals surface area (Å²) in [5, 5.41) is 3.03. The Balaban J connectivity index is 1.47. The standard InChI is InChI=1S/C19H19BrN2O3/c20-15-8-6-14(7-9-15)18(23)21-16-10-12-22(13-11-16)19(24)25-17-4-2-1-3-5-17/h1-9,16H,10-13H2,(H,21,23). The Labute approximate surface area is 155 Å². The van der Waals surface area contributed by atoms with Crippen LogP contribution in [0.5, 0.6) is 5.75 Å². The highest BCUT2D eigenvalue weighted by atomic mass is 79.9. The number of piperidine rings is 1. The number of carbonyl (C=O) groups excluding carboxylic acids is 2. The Morgan fingerprint density at radius 2 is 1.64 bits per heavy atom. The molecule has 1 N–H and O–H groups in total. The van der Waals surface area contributed by atoms with Crippen LogP contribution in [0.3, 0.4) is 0 Å². The first-order valence-electron chi connectivity index (χ1n) is 8.20. The zero-order chi connectivity index (χ0) is 17.6. The van der Waals surface area contributed by atoms with Crippen molar-refractivity contribution in [1.82, 2.24) is 10.2 Å². The van der Waals surface area contributed by atoms with Crippen molar-refractivity contribution in [3.63, 3.8) is 0 Å². The summed E-state index contributed by atoms with van der Waals surface area (Å²) in [5.41, 5.74) is 0.633. The quantitative estimate of drug-likeness (QED) is 0.847. The molecule has 0 aliphatic carbocycles. The Kier molecular flexibility index (Phi) is 5.71. The predicted molar refractivity (Wildman–Crippen MR) is 98.7 cm³/mol. The molecule has 2 aromatic rings. The van der Waals surface area contributed by atoms with Crippen LogP contribution < -0.4 is 10.1 Å². The molecular weight excluding hydrogens is 384 g/mol. The van der Waals surface area contributed by atoms with Gasteiger partial charge in [0.15, 0.2) is 0 Å². The van der Waals surface area contributed by atoms with Crippen LogP contribution in [0.2, 0.25) is 0 Å². The predicted octanol–water partition coefficient (Wildman–Crippen LogP) is 3.84. The van der Waals surface area contributed by atoms with E-state index in [2.05, 4.69) is 21.2 Å². The second-order valence-corrected chi connectivity index (χ2v) is 6.84. The minimum absolute atomic E-state index is 0.0666. The van der Waals surface area contributed by atoms with Crippen LogP contribution in [-0.4, -0.2) is 36.0 Å². The number of hydrogen-bond acceptors (Lipinski definition) is 3. The smallest absolute Gasteiger partial charge is 0.410 e. The van der Waals surface area contributed by atoms with Crippen LogP contribution in [0.4, 0.5) is 4.79 Å². The Morgan fingerprint density at radius 3 is 2.28 bits per heavy atom. The van der Waals surface area contributed by atoms with Crippen molar-refractivity contribution in [2.75, 3.05) is 13.1 Å². The van der Waals surface area contributed by atoms with E-state index in [1.54, 1.807) is 29.2 Å². The number of nitrogens with one attached hydrogen (secondary N) is 1. The number of rotatable bonds is 3. The van der Waals surface area contributed by atoms with E-state index in [1.807, 2.05) is 30.3 Å². The molecule has 0 atom stereocenters. The Hall–Kier alpha value is -2.34. The third-order valence-electron chi connectivity index (χ3n) is 4.14. The molecule has 1 aliphatic rings. The van der Waals surface area contributed by atoms with Gasteiger partial charge in [-0.15, -0.1) is 0 Å². The molecule has 1 aliphatic heterocycles. The molecule has 0 bridgehead atoms. The maximum Gasteiger partial charge on any atom is 0.415 e. The third-order valence-corrected chi connectivity index (χ3v) is 4.67. The third kappa shape index (κ3) is 4.82. The van der Waals surface area contributed by atoms with Crippen molar-refractivity contribution in [3.05, 3.63) is 64.6 Å². The first-order valence-corrected chi connectivity index (χ1v) is 8.99. The van der Waals surface area contributed by atoms with Gasteiger partial charge in [0.25, 0.3) is 5.91 Å². The summed E-state index contributed by atoms with van der Waals surface area (Å²) in [6, 6.07) is 16.4. The fraction of sp³-hybridized carbons (Fsp3) is 0.263. The van der Waals surface area contributed by atoms with Gasteiger partial charge < -0.3 is 15.0 Å². The van der Waals surface area contributed by atoms with Crippen LogP contribution in [0, 0.1) is 0 Å². The van der Waals surface area contributed by atoms with E-state index >= 15 is 0 Å². The summed E-state index contributed by atoms with van der Waals surface area (Å²) in [6.45, 7) is 1.13. The molecule has 6 heteroatoms. The highest BCUT2D eigenvalue weighted by Gasteiger charge is 2.25. The summed E-state index contributed by atoms with van der Waals surface area (Å²) in [7, 11) is 0. The lowest BCUT2D eigenvalue weighted by atomic mass is 10.0. The Bertz CT molecular complexity index is 726. The molecule has 1 fully saturated rings. The monoisotopic (exact) mass is 402 g/mol. The minimum Gasteiger partial charge on any atom is -0.410 e. The number of amides is 2. The van der Waals surface area contributed by atoms with Crippen LogP contribution in [0.25, 0.3) is 0 Å². The second-order valence-electron chi connectivity index (χ2n) is 5.92. The van der Waals surface area contributed by atoms with Gasteiger partial charge in [0, 0.05) is 29.2 Å². The van der Waals surface area contributed by atoms with E-state index in [4.69, 9.17) is 4.74 Å². The van der Waals surface area contributed by atoms with Crippen molar-refractivity contribution in [3.8, 4) is 5.75 Å². The fourth-order valence-electron chi connectivity index (χ4n) is 2.73. The molecule has 2 aromatic carbocycles. The first kappa shape index (κ1) is 17.5. The molecule has 2 amide bonds. The van der Waals surface area contributed by atoms with Gasteiger partial charge in [-0.25, -0.2) is 4.79 Å². The molecule has 25 heavy (non-hydrogen) atoms. The van der Waals surface area contributed by atoms with E-state index in [0.29, 0.717) is 37.2 Å². The average Bonchev–Trinajstić information content (AvgIpc) is 2.63. The number of carbonyl (C=O) groups is 2. The number of hydrogen-bond donors (Lipinski definition) is 1. The van der Waals surface area contributed by atoms with Gasteiger partial charge in [0.1, 0.15) is 5.75 Å². The van der Waals surface area contributed by atoms with Gasteiger partial charge in [0.05, 0.1) is 0 Å². The molecular formula is C19H19BrN2O3. The molecule has 0 saturated carbocycles. The largest absolute Gasteiger partial charge is 0.415 e. The zero-order valence-electron chi connectivity index (χ0n) is 13.7. The van der Waals surface area contributed by atoms with Crippen molar-refractivity contribution >= 4 is 27.9 Å². The lowest BCUT2D eigenvalue weighted by Crippen LogP contribution is -2.47. The summed E-state index contributed by atoms with van der Waals surface area (Å²) in [5.74, 6) is 0.455. The second kappa shape index (κ2) is 8.16. The number of benzene rings is 2.